The molecular formula is C54H79N5O7S2. The van der Waals surface area contributed by atoms with Crippen molar-refractivity contribution in [3.63, 3.8) is 0 Å². The summed E-state index contributed by atoms with van der Waals surface area (Å²) in [5.41, 5.74) is 9.91. The average molecular weight is 974 g/mol. The fraction of sp³-hybridized carbons (Fsp3) is 0.796. The quantitative estimate of drug-likeness (QED) is 0.0501. The van der Waals surface area contributed by atoms with Gasteiger partial charge in [0.15, 0.2) is 11.7 Å². The van der Waals surface area contributed by atoms with E-state index in [1.54, 1.807) is 40.5 Å². The Balaban J connectivity index is 1.10. The third kappa shape index (κ3) is 7.14. The molecule has 7 fully saturated rings. The molecule has 1 saturated heterocycles. The second kappa shape index (κ2) is 17.5. The average Bonchev–Trinajstić information content (AvgIpc) is 4.06. The number of ketones is 1. The predicted octanol–water partition coefficient (Wildman–Crippen LogP) is 6.87. The maximum absolute atomic E-state index is 14.7. The molecule has 68 heavy (non-hydrogen) atoms. The van der Waals surface area contributed by atoms with E-state index < -0.39 is 52.8 Å². The number of nitrogens with zero attached hydrogens (tertiary/aromatic N) is 3. The van der Waals surface area contributed by atoms with Crippen LogP contribution in [0.3, 0.4) is 0 Å². The van der Waals surface area contributed by atoms with Crippen molar-refractivity contribution in [3.05, 3.63) is 52.7 Å². The van der Waals surface area contributed by atoms with Crippen molar-refractivity contribution >= 4 is 33.3 Å². The highest BCUT2D eigenvalue weighted by Crippen LogP contribution is 2.74. The summed E-state index contributed by atoms with van der Waals surface area (Å²) in [6.07, 6.45) is 19.1. The van der Waals surface area contributed by atoms with Crippen LogP contribution in [0.4, 0.5) is 0 Å². The molecule has 11 rings (SSSR count). The summed E-state index contributed by atoms with van der Waals surface area (Å²) < 4.78 is 2.29. The minimum Gasteiger partial charge on any atom is -0.396 e. The first-order valence-corrected chi connectivity index (χ1v) is 29.0. The Morgan fingerprint density at radius 1 is 0.985 bits per heavy atom. The molecule has 12 nitrogen and oxygen atoms in total. The van der Waals surface area contributed by atoms with Gasteiger partial charge in [-0.15, -0.1) is 0 Å². The molecule has 4 bridgehead atoms. The van der Waals surface area contributed by atoms with Gasteiger partial charge in [0.2, 0.25) is 0 Å². The van der Waals surface area contributed by atoms with E-state index >= 15 is 0 Å². The lowest BCUT2D eigenvalue weighted by molar-refractivity contribution is -0.185. The molecule has 2 heterocycles. The Morgan fingerprint density at radius 2 is 1.74 bits per heavy atom. The monoisotopic (exact) mass is 974 g/mol. The van der Waals surface area contributed by atoms with E-state index in [0.29, 0.717) is 41.4 Å². The molecular weight excluding hydrogens is 895 g/mol. The van der Waals surface area contributed by atoms with Crippen molar-refractivity contribution in [2.24, 2.45) is 85.6 Å². The summed E-state index contributed by atoms with van der Waals surface area (Å²) in [5, 5.41) is 76.2. The van der Waals surface area contributed by atoms with Crippen LogP contribution < -0.4 is 11.1 Å². The Kier molecular flexibility index (Phi) is 12.4. The molecule has 10 aliphatic rings. The Bertz CT molecular complexity index is 2260. The van der Waals surface area contributed by atoms with Gasteiger partial charge >= 0.3 is 0 Å². The number of hydrogen-bond donors (Lipinski definition) is 8. The smallest absolute Gasteiger partial charge is 0.190 e. The molecule has 1 aromatic heterocycles. The number of aromatic nitrogens is 2. The number of hydrogen-bond acceptors (Lipinski definition) is 11. The SMILES string of the molecule is CC(O)NC(N)=NCC1CC2(CO)C3CC(CSSCC(n4ccnc4)CC(C)(C)C4=C5CCCC6(CCCC6)C5C5=C6C(CCC5)CC3C(O)C64)C2(O)C2=CC(=O)C3CC(O)C(O)CC3(C)C21. The first-order chi connectivity index (χ1) is 32.5. The van der Waals surface area contributed by atoms with Crippen molar-refractivity contribution in [3.8, 4) is 0 Å². The number of imidazole rings is 1. The molecule has 9 aliphatic carbocycles. The Labute approximate surface area is 411 Å². The van der Waals surface area contributed by atoms with Crippen molar-refractivity contribution in [2.45, 2.75) is 167 Å². The Hall–Kier alpha value is -2.17. The number of guanidine groups is 1. The van der Waals surface area contributed by atoms with Gasteiger partial charge in [0.05, 0.1) is 36.8 Å². The fourth-order valence-electron chi connectivity index (χ4n) is 18.8. The molecule has 14 heteroatoms. The number of allylic oxidation sites excluding steroid dienone is 3. The molecule has 0 radical (unpaired) electrons. The van der Waals surface area contributed by atoms with Crippen molar-refractivity contribution in [2.75, 3.05) is 24.7 Å². The second-order valence-electron chi connectivity index (χ2n) is 24.8. The van der Waals surface area contributed by atoms with Gasteiger partial charge in [0.25, 0.3) is 0 Å². The van der Waals surface area contributed by atoms with Gasteiger partial charge < -0.3 is 46.3 Å². The molecule has 1 spiro atoms. The van der Waals surface area contributed by atoms with Crippen LogP contribution in [0.2, 0.25) is 0 Å². The number of nitrogens with one attached hydrogen (secondary N) is 1. The molecule has 6 saturated carbocycles. The number of nitrogens with two attached hydrogens (primary N) is 1. The highest BCUT2D eigenvalue weighted by molar-refractivity contribution is 8.76. The maximum atomic E-state index is 14.7. The lowest BCUT2D eigenvalue weighted by Gasteiger charge is -2.64. The first kappa shape index (κ1) is 48.1. The zero-order valence-corrected chi connectivity index (χ0v) is 42.5. The number of aliphatic imine (C=N–C) groups is 1. The van der Waals surface area contributed by atoms with E-state index in [2.05, 4.69) is 41.8 Å². The molecule has 17 atom stereocenters. The minimum absolute atomic E-state index is 0.0851. The van der Waals surface area contributed by atoms with E-state index in [9.17, 15) is 35.4 Å². The van der Waals surface area contributed by atoms with Crippen LogP contribution in [0.1, 0.15) is 136 Å². The van der Waals surface area contributed by atoms with Crippen LogP contribution in [0, 0.1) is 74.9 Å². The largest absolute Gasteiger partial charge is 0.396 e. The molecule has 0 aromatic carbocycles. The van der Waals surface area contributed by atoms with Crippen LogP contribution >= 0.6 is 21.6 Å². The zero-order chi connectivity index (χ0) is 47.7. The van der Waals surface area contributed by atoms with Gasteiger partial charge in [-0.1, -0.05) is 77.5 Å². The molecule has 1 aliphatic heterocycles. The highest BCUT2D eigenvalue weighted by atomic mass is 33.1. The minimum atomic E-state index is -1.60. The number of aliphatic hydroxyl groups excluding tert-OH is 5. The number of fused-ring (bicyclic) bond motifs is 14. The van der Waals surface area contributed by atoms with E-state index in [0.717, 1.165) is 44.3 Å². The molecule has 0 amide bonds. The molecule has 9 N–H and O–H groups in total. The summed E-state index contributed by atoms with van der Waals surface area (Å²) in [7, 11) is 3.62. The number of aliphatic hydroxyl groups is 6. The zero-order valence-electron chi connectivity index (χ0n) is 40.9. The van der Waals surface area contributed by atoms with Gasteiger partial charge in [0.1, 0.15) is 6.23 Å². The number of carbonyl (C=O) groups excluding carboxylic acids is 1. The maximum Gasteiger partial charge on any atom is 0.190 e. The van der Waals surface area contributed by atoms with Crippen molar-refractivity contribution in [1.82, 2.24) is 14.9 Å². The first-order valence-electron chi connectivity index (χ1n) is 26.5. The lowest BCUT2D eigenvalue weighted by Crippen LogP contribution is -2.67. The van der Waals surface area contributed by atoms with E-state index in [4.69, 9.17) is 10.7 Å². The number of rotatable bonds is 5. The van der Waals surface area contributed by atoms with Crippen LogP contribution in [-0.2, 0) is 4.79 Å². The van der Waals surface area contributed by atoms with Gasteiger partial charge in [-0.3, -0.25) is 9.79 Å². The van der Waals surface area contributed by atoms with Crippen LogP contribution in [0.25, 0.3) is 0 Å². The van der Waals surface area contributed by atoms with Gasteiger partial charge in [0, 0.05) is 65.6 Å². The normalized spacial score (nSPS) is 45.7. The predicted molar refractivity (Wildman–Crippen MR) is 267 cm³/mol. The molecule has 17 unspecified atom stereocenters. The van der Waals surface area contributed by atoms with Crippen LogP contribution in [-0.4, -0.2) is 107 Å². The number of carbonyl (C=O) groups is 1. The second-order valence-corrected chi connectivity index (χ2v) is 27.3. The molecule has 374 valence electrons. The summed E-state index contributed by atoms with van der Waals surface area (Å²) in [6.45, 7) is 8.47. The van der Waals surface area contributed by atoms with E-state index in [1.165, 1.54) is 44.1 Å². The lowest BCUT2D eigenvalue weighted by atomic mass is 9.41. The Morgan fingerprint density at radius 3 is 2.47 bits per heavy atom. The summed E-state index contributed by atoms with van der Waals surface area (Å²) in [6, 6.07) is 0.147. The highest BCUT2D eigenvalue weighted by Gasteiger charge is 2.75. The summed E-state index contributed by atoms with van der Waals surface area (Å²) in [5.74, 6) is -0.120. The van der Waals surface area contributed by atoms with Gasteiger partial charge in [-0.25, -0.2) is 4.98 Å². The van der Waals surface area contributed by atoms with Crippen LogP contribution in [0.15, 0.2) is 57.7 Å². The fourth-order valence-corrected chi connectivity index (χ4v) is 21.5. The molecule has 1 aromatic rings. The topological polar surface area (TPSA) is 207 Å². The summed E-state index contributed by atoms with van der Waals surface area (Å²) in [4.78, 5) is 24.1. The van der Waals surface area contributed by atoms with Crippen LogP contribution in [0.5, 0.6) is 0 Å². The van der Waals surface area contributed by atoms with Gasteiger partial charge in [-0.05, 0) is 154 Å². The van der Waals surface area contributed by atoms with Crippen molar-refractivity contribution in [1.29, 1.82) is 0 Å². The van der Waals surface area contributed by atoms with Gasteiger partial charge in [-0.2, -0.15) is 0 Å². The van der Waals surface area contributed by atoms with Crippen molar-refractivity contribution < 1.29 is 35.4 Å². The standard InChI is InChI=1S/C54H79N5O7S2/c1-29(61)58-49(55)57-24-31-21-53(27-60)37-18-32(54(53,66)39-20-40(62)38-19-41(63)42(64)23-51(38,4)45(31)39)25-67-68-26-33(59-16-15-56-28-59)22-50(2,3)47-35-11-8-14-52(12-5-6-13-52)46(35)34-10-7-9-30-17-36(37)48(65)44(47)43(30)34/h15-16,20,28-33,36-38,41-42,44-46,48,60-61,63-66H,5-14,17-19,21-27H2,1-4H3,(H3,55,57,58). The third-order valence-corrected chi connectivity index (χ3v) is 23.6. The van der Waals surface area contributed by atoms with E-state index in [1.807, 2.05) is 23.3 Å². The third-order valence-electron chi connectivity index (χ3n) is 21.0. The summed E-state index contributed by atoms with van der Waals surface area (Å²) >= 11 is 0. The van der Waals surface area contributed by atoms with E-state index in [-0.39, 0.29) is 78.8 Å².